The average molecular weight is 310 g/mol. The molecular formula is C14H15FN2O3S. The van der Waals surface area contributed by atoms with Gasteiger partial charge >= 0.3 is 0 Å². The molecule has 0 fully saturated rings. The number of hydrogen-bond acceptors (Lipinski definition) is 5. The highest BCUT2D eigenvalue weighted by atomic mass is 32.1. The number of benzene rings is 1. The standard InChI is InChI=1S/C14H15FN2O3S/c1-9-13(14(18)17(2)19-3)21-12(16-9)8-20-11-6-4-10(15)5-7-11/h4-7H,8H2,1-3H3. The molecule has 1 aromatic carbocycles. The van der Waals surface area contributed by atoms with Gasteiger partial charge in [0, 0.05) is 7.05 Å². The van der Waals surface area contributed by atoms with E-state index in [-0.39, 0.29) is 18.3 Å². The Bertz CT molecular complexity index is 628. The Balaban J connectivity index is 2.05. The predicted molar refractivity (Wildman–Crippen MR) is 76.7 cm³/mol. The van der Waals surface area contributed by atoms with E-state index in [1.54, 1.807) is 19.1 Å². The van der Waals surface area contributed by atoms with Crippen molar-refractivity contribution in [1.29, 1.82) is 0 Å². The van der Waals surface area contributed by atoms with Crippen LogP contribution in [0.2, 0.25) is 0 Å². The van der Waals surface area contributed by atoms with Gasteiger partial charge in [0.25, 0.3) is 5.91 Å². The first-order valence-corrected chi connectivity index (χ1v) is 6.99. The van der Waals surface area contributed by atoms with Gasteiger partial charge in [0.15, 0.2) is 0 Å². The topological polar surface area (TPSA) is 51.7 Å². The molecule has 0 unspecified atom stereocenters. The number of nitrogens with zero attached hydrogens (tertiary/aromatic N) is 2. The largest absolute Gasteiger partial charge is 0.486 e. The zero-order chi connectivity index (χ0) is 15.4. The quantitative estimate of drug-likeness (QED) is 0.797. The van der Waals surface area contributed by atoms with E-state index in [9.17, 15) is 9.18 Å². The van der Waals surface area contributed by atoms with E-state index < -0.39 is 0 Å². The number of hydroxylamine groups is 2. The lowest BCUT2D eigenvalue weighted by molar-refractivity contribution is -0.0754. The summed E-state index contributed by atoms with van der Waals surface area (Å²) in [7, 11) is 2.96. The van der Waals surface area contributed by atoms with Crippen molar-refractivity contribution in [3.05, 3.63) is 45.7 Å². The molecule has 0 spiro atoms. The Morgan fingerprint density at radius 1 is 1.38 bits per heavy atom. The molecular weight excluding hydrogens is 295 g/mol. The third-order valence-electron chi connectivity index (χ3n) is 2.77. The van der Waals surface area contributed by atoms with Crippen LogP contribution in [-0.2, 0) is 11.4 Å². The fraction of sp³-hybridized carbons (Fsp3) is 0.286. The molecule has 5 nitrogen and oxygen atoms in total. The van der Waals surface area contributed by atoms with Crippen molar-refractivity contribution >= 4 is 17.2 Å². The van der Waals surface area contributed by atoms with Gasteiger partial charge in [-0.15, -0.1) is 11.3 Å². The molecule has 21 heavy (non-hydrogen) atoms. The van der Waals surface area contributed by atoms with Crippen LogP contribution in [0.3, 0.4) is 0 Å². The predicted octanol–water partition coefficient (Wildman–Crippen LogP) is 2.80. The molecule has 7 heteroatoms. The number of carbonyl (C=O) groups is 1. The minimum atomic E-state index is -0.317. The van der Waals surface area contributed by atoms with Crippen molar-refractivity contribution in [3.8, 4) is 5.75 Å². The normalized spacial score (nSPS) is 10.5. The number of halogens is 1. The van der Waals surface area contributed by atoms with Gasteiger partial charge in [0.2, 0.25) is 0 Å². The second-order valence-corrected chi connectivity index (χ2v) is 5.33. The summed E-state index contributed by atoms with van der Waals surface area (Å²) in [5.74, 6) is -0.0189. The molecule has 0 N–H and O–H groups in total. The molecule has 0 atom stereocenters. The lowest BCUT2D eigenvalue weighted by Gasteiger charge is -2.11. The van der Waals surface area contributed by atoms with E-state index in [1.165, 1.54) is 37.6 Å². The van der Waals surface area contributed by atoms with E-state index >= 15 is 0 Å². The Morgan fingerprint density at radius 3 is 2.67 bits per heavy atom. The second-order valence-electron chi connectivity index (χ2n) is 4.25. The average Bonchev–Trinajstić information content (AvgIpc) is 2.86. The van der Waals surface area contributed by atoms with E-state index in [4.69, 9.17) is 9.57 Å². The molecule has 0 saturated heterocycles. The Hall–Kier alpha value is -1.99. The Morgan fingerprint density at radius 2 is 2.05 bits per heavy atom. The van der Waals surface area contributed by atoms with Crippen molar-refractivity contribution in [2.24, 2.45) is 0 Å². The van der Waals surface area contributed by atoms with Gasteiger partial charge in [-0.25, -0.2) is 14.4 Å². The van der Waals surface area contributed by atoms with Crippen LogP contribution in [0.25, 0.3) is 0 Å². The third kappa shape index (κ3) is 3.77. The minimum Gasteiger partial charge on any atom is -0.486 e. The molecule has 0 bridgehead atoms. The lowest BCUT2D eigenvalue weighted by atomic mass is 10.3. The molecule has 1 heterocycles. The summed E-state index contributed by atoms with van der Waals surface area (Å²) in [6.07, 6.45) is 0. The van der Waals surface area contributed by atoms with Crippen molar-refractivity contribution in [2.75, 3.05) is 14.2 Å². The summed E-state index contributed by atoms with van der Waals surface area (Å²) in [6, 6.07) is 5.73. The molecule has 2 rings (SSSR count). The van der Waals surface area contributed by atoms with Crippen LogP contribution in [0.5, 0.6) is 5.75 Å². The van der Waals surface area contributed by atoms with Crippen molar-refractivity contribution in [1.82, 2.24) is 10.0 Å². The lowest BCUT2D eigenvalue weighted by Crippen LogP contribution is -2.25. The Kier molecular flexibility index (Phi) is 4.87. The van der Waals surface area contributed by atoms with Gasteiger partial charge in [-0.2, -0.15) is 0 Å². The number of carbonyl (C=O) groups excluding carboxylic acids is 1. The summed E-state index contributed by atoms with van der Waals surface area (Å²) >= 11 is 1.25. The summed E-state index contributed by atoms with van der Waals surface area (Å²) in [5, 5.41) is 1.81. The number of amides is 1. The molecule has 1 amide bonds. The van der Waals surface area contributed by atoms with Gasteiger partial charge in [0.1, 0.15) is 28.1 Å². The van der Waals surface area contributed by atoms with Gasteiger partial charge in [-0.05, 0) is 31.2 Å². The van der Waals surface area contributed by atoms with Crippen LogP contribution in [0, 0.1) is 12.7 Å². The van der Waals surface area contributed by atoms with E-state index in [1.807, 2.05) is 0 Å². The molecule has 2 aromatic rings. The van der Waals surface area contributed by atoms with Gasteiger partial charge in [0.05, 0.1) is 12.8 Å². The van der Waals surface area contributed by atoms with Crippen molar-refractivity contribution < 1.29 is 18.8 Å². The Labute approximate surface area is 125 Å². The highest BCUT2D eigenvalue weighted by Gasteiger charge is 2.19. The minimum absolute atomic E-state index is 0.223. The highest BCUT2D eigenvalue weighted by Crippen LogP contribution is 2.21. The van der Waals surface area contributed by atoms with Crippen molar-refractivity contribution in [3.63, 3.8) is 0 Å². The first kappa shape index (κ1) is 15.4. The van der Waals surface area contributed by atoms with Crippen LogP contribution in [0.15, 0.2) is 24.3 Å². The maximum atomic E-state index is 12.8. The zero-order valence-electron chi connectivity index (χ0n) is 11.9. The van der Waals surface area contributed by atoms with Crippen LogP contribution >= 0.6 is 11.3 Å². The zero-order valence-corrected chi connectivity index (χ0v) is 12.7. The smallest absolute Gasteiger partial charge is 0.289 e. The van der Waals surface area contributed by atoms with E-state index in [0.29, 0.717) is 21.3 Å². The maximum Gasteiger partial charge on any atom is 0.289 e. The van der Waals surface area contributed by atoms with Crippen LogP contribution in [-0.4, -0.2) is 30.1 Å². The summed E-state index contributed by atoms with van der Waals surface area (Å²) < 4.78 is 18.3. The number of rotatable bonds is 5. The number of thiazole rings is 1. The number of aryl methyl sites for hydroxylation is 1. The molecule has 0 saturated carbocycles. The number of aromatic nitrogens is 1. The maximum absolute atomic E-state index is 12.8. The van der Waals surface area contributed by atoms with Gasteiger partial charge in [-0.1, -0.05) is 0 Å². The van der Waals surface area contributed by atoms with E-state index in [2.05, 4.69) is 4.98 Å². The molecule has 0 aliphatic carbocycles. The summed E-state index contributed by atoms with van der Waals surface area (Å²) in [5.41, 5.74) is 0.631. The number of ether oxygens (including phenoxy) is 1. The van der Waals surface area contributed by atoms with E-state index in [0.717, 1.165) is 5.06 Å². The van der Waals surface area contributed by atoms with Gasteiger partial charge in [-0.3, -0.25) is 9.63 Å². The fourth-order valence-electron chi connectivity index (χ4n) is 1.61. The van der Waals surface area contributed by atoms with Crippen LogP contribution < -0.4 is 4.74 Å². The molecule has 0 aliphatic rings. The fourth-order valence-corrected chi connectivity index (χ4v) is 2.56. The number of hydrogen-bond donors (Lipinski definition) is 0. The third-order valence-corrected chi connectivity index (χ3v) is 3.89. The SMILES string of the molecule is CON(C)C(=O)c1sc(COc2ccc(F)cc2)nc1C. The molecule has 0 radical (unpaired) electrons. The van der Waals surface area contributed by atoms with Crippen LogP contribution in [0.1, 0.15) is 20.4 Å². The van der Waals surface area contributed by atoms with Gasteiger partial charge < -0.3 is 4.74 Å². The van der Waals surface area contributed by atoms with Crippen molar-refractivity contribution in [2.45, 2.75) is 13.5 Å². The highest BCUT2D eigenvalue weighted by molar-refractivity contribution is 7.13. The molecule has 0 aliphatic heterocycles. The molecule has 1 aromatic heterocycles. The molecule has 112 valence electrons. The monoisotopic (exact) mass is 310 g/mol. The summed E-state index contributed by atoms with van der Waals surface area (Å²) in [6.45, 7) is 1.98. The first-order chi connectivity index (χ1) is 10.0. The summed E-state index contributed by atoms with van der Waals surface area (Å²) in [4.78, 5) is 21.7. The first-order valence-electron chi connectivity index (χ1n) is 6.18. The second kappa shape index (κ2) is 6.64. The van der Waals surface area contributed by atoms with Crippen LogP contribution in [0.4, 0.5) is 4.39 Å².